The summed E-state index contributed by atoms with van der Waals surface area (Å²) in [6.45, 7) is 1.25. The first-order valence-corrected chi connectivity index (χ1v) is 4.14. The van der Waals surface area contributed by atoms with Crippen LogP contribution in [0.5, 0.6) is 5.75 Å². The van der Waals surface area contributed by atoms with E-state index in [2.05, 4.69) is 4.65 Å². The monoisotopic (exact) mass is 218 g/mol. The molecule has 0 unspecified atom stereocenters. The minimum absolute atomic E-state index is 0.0535. The first kappa shape index (κ1) is 11.0. The molecule has 0 aromatic heterocycles. The van der Waals surface area contributed by atoms with Crippen LogP contribution in [0.3, 0.4) is 0 Å². The Labute approximate surface area is 85.0 Å². The Balaban J connectivity index is 3.08. The average molecular weight is 218 g/mol. The molecule has 0 spiro atoms. The van der Waals surface area contributed by atoms with Crippen LogP contribution < -0.4 is 4.65 Å². The van der Waals surface area contributed by atoms with E-state index in [1.807, 2.05) is 0 Å². The van der Waals surface area contributed by atoms with Crippen LogP contribution in [0.15, 0.2) is 18.2 Å². The third kappa shape index (κ3) is 2.70. The number of carbonyl (C=O) groups is 1. The molecule has 0 amide bonds. The number of benzene rings is 1. The van der Waals surface area contributed by atoms with Gasteiger partial charge in [0.25, 0.3) is 0 Å². The SMILES string of the molecule is CC(=O)c1cc(Cl)ccc1OB(F)F. The first-order chi connectivity index (χ1) is 6.50. The van der Waals surface area contributed by atoms with E-state index in [0.717, 1.165) is 0 Å². The summed E-state index contributed by atoms with van der Waals surface area (Å²) in [6.07, 6.45) is 0. The highest BCUT2D eigenvalue weighted by Gasteiger charge is 2.20. The Morgan fingerprint density at radius 2 is 2.14 bits per heavy atom. The van der Waals surface area contributed by atoms with Crippen LogP contribution >= 0.6 is 11.6 Å². The molecular weight excluding hydrogens is 212 g/mol. The van der Waals surface area contributed by atoms with Crippen LogP contribution in [0.1, 0.15) is 17.3 Å². The summed E-state index contributed by atoms with van der Waals surface area (Å²) >= 11 is 5.60. The average Bonchev–Trinajstić information content (AvgIpc) is 2.07. The highest BCUT2D eigenvalue weighted by atomic mass is 35.5. The van der Waals surface area contributed by atoms with Crippen molar-refractivity contribution in [2.45, 2.75) is 6.92 Å². The van der Waals surface area contributed by atoms with Gasteiger partial charge in [0, 0.05) is 5.02 Å². The molecule has 0 heterocycles. The fourth-order valence-corrected chi connectivity index (χ4v) is 1.15. The summed E-state index contributed by atoms with van der Waals surface area (Å²) < 4.78 is 27.9. The summed E-state index contributed by atoms with van der Waals surface area (Å²) in [5.41, 5.74) is 0.0535. The van der Waals surface area contributed by atoms with Gasteiger partial charge in [0.05, 0.1) is 5.56 Å². The Kier molecular flexibility index (Phi) is 3.46. The fourth-order valence-electron chi connectivity index (χ4n) is 0.976. The Morgan fingerprint density at radius 1 is 1.50 bits per heavy atom. The fraction of sp³-hybridized carbons (Fsp3) is 0.125. The van der Waals surface area contributed by atoms with Gasteiger partial charge in [-0.1, -0.05) is 11.6 Å². The second kappa shape index (κ2) is 4.42. The van der Waals surface area contributed by atoms with E-state index in [-0.39, 0.29) is 17.1 Å². The summed E-state index contributed by atoms with van der Waals surface area (Å²) in [7, 11) is -2.95. The molecule has 0 radical (unpaired) electrons. The summed E-state index contributed by atoms with van der Waals surface area (Å²) in [6, 6.07) is 3.92. The molecule has 1 aromatic carbocycles. The van der Waals surface area contributed by atoms with Gasteiger partial charge in [-0.2, -0.15) is 0 Å². The molecule has 0 bridgehead atoms. The molecule has 0 fully saturated rings. The Bertz CT molecular complexity index is 357. The van der Waals surface area contributed by atoms with Crippen molar-refractivity contribution in [3.05, 3.63) is 28.8 Å². The van der Waals surface area contributed by atoms with E-state index in [1.54, 1.807) is 0 Å². The molecule has 14 heavy (non-hydrogen) atoms. The number of Topliss-reactive ketones (excluding diaryl/α,β-unsaturated/α-hetero) is 1. The van der Waals surface area contributed by atoms with Crippen molar-refractivity contribution in [3.8, 4) is 5.75 Å². The van der Waals surface area contributed by atoms with Crippen LogP contribution in [-0.2, 0) is 0 Å². The van der Waals surface area contributed by atoms with Gasteiger partial charge in [-0.3, -0.25) is 4.79 Å². The van der Waals surface area contributed by atoms with E-state index in [9.17, 15) is 13.4 Å². The number of ketones is 1. The van der Waals surface area contributed by atoms with E-state index < -0.39 is 7.47 Å². The number of hydrogen-bond donors (Lipinski definition) is 0. The van der Waals surface area contributed by atoms with Crippen molar-refractivity contribution in [3.63, 3.8) is 0 Å². The van der Waals surface area contributed by atoms with Crippen LogP contribution in [-0.4, -0.2) is 13.3 Å². The van der Waals surface area contributed by atoms with Crippen LogP contribution in [0.2, 0.25) is 5.02 Å². The number of halogens is 3. The number of rotatable bonds is 3. The molecule has 0 aliphatic heterocycles. The zero-order valence-corrected chi connectivity index (χ0v) is 8.02. The number of carbonyl (C=O) groups excluding carboxylic acids is 1. The minimum Gasteiger partial charge on any atom is -0.505 e. The van der Waals surface area contributed by atoms with Gasteiger partial charge in [0.1, 0.15) is 5.75 Å². The largest absolute Gasteiger partial charge is 0.796 e. The molecule has 0 saturated carbocycles. The number of hydrogen-bond acceptors (Lipinski definition) is 2. The standard InChI is InChI=1S/C8H6BClF2O2/c1-5(13)7-4-6(10)2-3-8(7)14-9(11)12/h2-4H,1H3. The van der Waals surface area contributed by atoms with Crippen LogP contribution in [0, 0.1) is 0 Å². The normalized spacial score (nSPS) is 9.71. The molecule has 2 nitrogen and oxygen atoms in total. The molecular formula is C8H6BClF2O2. The van der Waals surface area contributed by atoms with Gasteiger partial charge in [0.15, 0.2) is 5.78 Å². The summed E-state index contributed by atoms with van der Waals surface area (Å²) in [4.78, 5) is 11.0. The lowest BCUT2D eigenvalue weighted by Crippen LogP contribution is -2.11. The second-order valence-corrected chi connectivity index (χ2v) is 3.01. The van der Waals surface area contributed by atoms with Gasteiger partial charge in [-0.05, 0) is 25.1 Å². The topological polar surface area (TPSA) is 26.3 Å². The maximum atomic E-state index is 11.9. The van der Waals surface area contributed by atoms with Crippen molar-refractivity contribution in [2.24, 2.45) is 0 Å². The van der Waals surface area contributed by atoms with E-state index in [0.29, 0.717) is 5.02 Å². The van der Waals surface area contributed by atoms with Crippen molar-refractivity contribution in [2.75, 3.05) is 0 Å². The molecule has 1 rings (SSSR count). The molecule has 0 aliphatic rings. The quantitative estimate of drug-likeness (QED) is 0.576. The molecule has 6 heteroatoms. The van der Waals surface area contributed by atoms with Gasteiger partial charge >= 0.3 is 7.47 Å². The van der Waals surface area contributed by atoms with E-state index in [1.165, 1.54) is 25.1 Å². The third-order valence-corrected chi connectivity index (χ3v) is 1.77. The van der Waals surface area contributed by atoms with E-state index in [4.69, 9.17) is 11.6 Å². The lowest BCUT2D eigenvalue weighted by Gasteiger charge is -2.07. The predicted molar refractivity (Wildman–Crippen MR) is 50.1 cm³/mol. The van der Waals surface area contributed by atoms with Crippen molar-refractivity contribution in [1.29, 1.82) is 0 Å². The van der Waals surface area contributed by atoms with E-state index >= 15 is 0 Å². The zero-order chi connectivity index (χ0) is 10.7. The van der Waals surface area contributed by atoms with Crippen molar-refractivity contribution in [1.82, 2.24) is 0 Å². The molecule has 74 valence electrons. The lowest BCUT2D eigenvalue weighted by molar-refractivity contribution is 0.101. The van der Waals surface area contributed by atoms with Crippen LogP contribution in [0.25, 0.3) is 0 Å². The highest BCUT2D eigenvalue weighted by Crippen LogP contribution is 2.24. The van der Waals surface area contributed by atoms with Gasteiger partial charge < -0.3 is 4.65 Å². The summed E-state index contributed by atoms with van der Waals surface area (Å²) in [5, 5.41) is 0.303. The maximum Gasteiger partial charge on any atom is 0.796 e. The Morgan fingerprint density at radius 3 is 2.64 bits per heavy atom. The van der Waals surface area contributed by atoms with Gasteiger partial charge in [0.2, 0.25) is 0 Å². The maximum absolute atomic E-state index is 11.9. The van der Waals surface area contributed by atoms with Crippen molar-refractivity contribution < 1.29 is 18.1 Å². The predicted octanol–water partition coefficient (Wildman–Crippen LogP) is 2.85. The highest BCUT2D eigenvalue weighted by molar-refractivity contribution is 6.36. The second-order valence-electron chi connectivity index (χ2n) is 2.58. The third-order valence-electron chi connectivity index (χ3n) is 1.54. The van der Waals surface area contributed by atoms with Crippen LogP contribution in [0.4, 0.5) is 8.63 Å². The molecule has 0 N–H and O–H groups in total. The van der Waals surface area contributed by atoms with Gasteiger partial charge in [-0.15, -0.1) is 0 Å². The Hall–Kier alpha value is -1.10. The van der Waals surface area contributed by atoms with Crippen molar-refractivity contribution >= 4 is 24.9 Å². The molecule has 0 aliphatic carbocycles. The molecule has 0 saturated heterocycles. The minimum atomic E-state index is -2.95. The first-order valence-electron chi connectivity index (χ1n) is 3.76. The smallest absolute Gasteiger partial charge is 0.505 e. The molecule has 0 atom stereocenters. The summed E-state index contributed by atoms with van der Waals surface area (Å²) in [5.74, 6) is -0.528. The van der Waals surface area contributed by atoms with Gasteiger partial charge in [-0.25, -0.2) is 8.63 Å². The lowest BCUT2D eigenvalue weighted by atomic mass is 10.1. The molecule has 1 aromatic rings. The zero-order valence-electron chi connectivity index (χ0n) is 7.26.